The average Bonchev–Trinajstić information content (AvgIpc) is 2.99. The first-order valence-corrected chi connectivity index (χ1v) is 8.37. The number of methoxy groups -OCH3 is 1. The number of carbonyl (C=O) groups excluding carboxylic acids is 1. The summed E-state index contributed by atoms with van der Waals surface area (Å²) >= 11 is 0. The molecule has 128 valence electrons. The molecule has 0 saturated carbocycles. The number of hydrogen-bond acceptors (Lipinski definition) is 4. The third-order valence-electron chi connectivity index (χ3n) is 4.97. The third-order valence-corrected chi connectivity index (χ3v) is 4.97. The molecule has 1 aliphatic rings. The first-order chi connectivity index (χ1) is 11.3. The SMILES string of the molecule is COC(=O)c1ccc(CN2c3c(C)cccc3[C@@H](C)CC2(C)C)o1. The summed E-state index contributed by atoms with van der Waals surface area (Å²) in [6, 6.07) is 10.0. The maximum absolute atomic E-state index is 11.6. The highest BCUT2D eigenvalue weighted by atomic mass is 16.5. The van der Waals surface area contributed by atoms with E-state index in [1.165, 1.54) is 23.9 Å². The maximum Gasteiger partial charge on any atom is 0.373 e. The van der Waals surface area contributed by atoms with Gasteiger partial charge < -0.3 is 14.1 Å². The van der Waals surface area contributed by atoms with Crippen LogP contribution in [0.3, 0.4) is 0 Å². The minimum Gasteiger partial charge on any atom is -0.463 e. The summed E-state index contributed by atoms with van der Waals surface area (Å²) in [5.41, 5.74) is 3.95. The number of aryl methyl sites for hydroxylation is 1. The van der Waals surface area contributed by atoms with Crippen molar-refractivity contribution in [3.63, 3.8) is 0 Å². The number of para-hydroxylation sites is 1. The fourth-order valence-corrected chi connectivity index (χ4v) is 3.84. The van der Waals surface area contributed by atoms with Gasteiger partial charge in [-0.1, -0.05) is 25.1 Å². The summed E-state index contributed by atoms with van der Waals surface area (Å²) in [5.74, 6) is 1.10. The number of hydrogen-bond donors (Lipinski definition) is 0. The summed E-state index contributed by atoms with van der Waals surface area (Å²) in [6.45, 7) is 9.61. The van der Waals surface area contributed by atoms with Gasteiger partial charge >= 0.3 is 5.97 Å². The van der Waals surface area contributed by atoms with E-state index < -0.39 is 5.97 Å². The Morgan fingerprint density at radius 3 is 2.79 bits per heavy atom. The molecular weight excluding hydrogens is 302 g/mol. The van der Waals surface area contributed by atoms with E-state index in [1.807, 2.05) is 6.07 Å². The van der Waals surface area contributed by atoms with Crippen LogP contribution in [-0.4, -0.2) is 18.6 Å². The van der Waals surface area contributed by atoms with Gasteiger partial charge in [0.05, 0.1) is 13.7 Å². The van der Waals surface area contributed by atoms with Crippen LogP contribution in [0.25, 0.3) is 0 Å². The first kappa shape index (κ1) is 16.6. The van der Waals surface area contributed by atoms with Crippen LogP contribution in [0.1, 0.15) is 60.6 Å². The summed E-state index contributed by atoms with van der Waals surface area (Å²) < 4.78 is 10.4. The molecule has 2 heterocycles. The van der Waals surface area contributed by atoms with Crippen LogP contribution < -0.4 is 4.90 Å². The molecule has 4 nitrogen and oxygen atoms in total. The molecule has 24 heavy (non-hydrogen) atoms. The Kier molecular flexibility index (Phi) is 4.16. The minimum atomic E-state index is -0.440. The number of benzene rings is 1. The second kappa shape index (κ2) is 6.00. The van der Waals surface area contributed by atoms with Crippen LogP contribution in [0.4, 0.5) is 5.69 Å². The molecule has 0 aliphatic carbocycles. The Morgan fingerprint density at radius 1 is 1.33 bits per heavy atom. The van der Waals surface area contributed by atoms with Crippen molar-refractivity contribution in [2.75, 3.05) is 12.0 Å². The van der Waals surface area contributed by atoms with E-state index >= 15 is 0 Å². The fraction of sp³-hybridized carbons (Fsp3) is 0.450. The van der Waals surface area contributed by atoms with Crippen molar-refractivity contribution in [3.05, 3.63) is 53.0 Å². The molecule has 1 aromatic heterocycles. The number of carbonyl (C=O) groups is 1. The Balaban J connectivity index is 1.98. The van der Waals surface area contributed by atoms with Crippen LogP contribution in [0.2, 0.25) is 0 Å². The maximum atomic E-state index is 11.6. The molecule has 0 bridgehead atoms. The lowest BCUT2D eigenvalue weighted by Gasteiger charge is -2.48. The summed E-state index contributed by atoms with van der Waals surface area (Å²) in [6.07, 6.45) is 1.08. The van der Waals surface area contributed by atoms with Gasteiger partial charge in [0.15, 0.2) is 0 Å². The molecular formula is C20H25NO3. The summed E-state index contributed by atoms with van der Waals surface area (Å²) in [4.78, 5) is 14.0. The second-order valence-electron chi connectivity index (χ2n) is 7.27. The van der Waals surface area contributed by atoms with Crippen LogP contribution in [0.15, 0.2) is 34.7 Å². The topological polar surface area (TPSA) is 42.7 Å². The van der Waals surface area contributed by atoms with Crippen LogP contribution >= 0.6 is 0 Å². The molecule has 0 radical (unpaired) electrons. The van der Waals surface area contributed by atoms with E-state index in [4.69, 9.17) is 9.15 Å². The zero-order valence-corrected chi connectivity index (χ0v) is 15.1. The second-order valence-corrected chi connectivity index (χ2v) is 7.27. The first-order valence-electron chi connectivity index (χ1n) is 8.37. The standard InChI is InChI=1S/C20H25NO3/c1-13-7-6-8-16-14(2)11-20(3,4)21(18(13)16)12-15-9-10-17(24-15)19(22)23-5/h6-10,14H,11-12H2,1-5H3/t14-/m0/s1. The molecule has 3 rings (SSSR count). The summed E-state index contributed by atoms with van der Waals surface area (Å²) in [7, 11) is 1.36. The monoisotopic (exact) mass is 327 g/mol. The van der Waals surface area contributed by atoms with Crippen molar-refractivity contribution in [3.8, 4) is 0 Å². The van der Waals surface area contributed by atoms with Crippen molar-refractivity contribution in [2.45, 2.75) is 52.1 Å². The van der Waals surface area contributed by atoms with E-state index in [9.17, 15) is 4.79 Å². The number of furan rings is 1. The highest BCUT2D eigenvalue weighted by molar-refractivity contribution is 5.86. The minimum absolute atomic E-state index is 0.0107. The van der Waals surface area contributed by atoms with Crippen LogP contribution in [0.5, 0.6) is 0 Å². The van der Waals surface area contributed by atoms with Crippen molar-refractivity contribution in [2.24, 2.45) is 0 Å². The Hall–Kier alpha value is -2.23. The van der Waals surface area contributed by atoms with E-state index in [0.717, 1.165) is 12.2 Å². The van der Waals surface area contributed by atoms with Crippen LogP contribution in [-0.2, 0) is 11.3 Å². The zero-order chi connectivity index (χ0) is 17.5. The van der Waals surface area contributed by atoms with Crippen molar-refractivity contribution >= 4 is 11.7 Å². The van der Waals surface area contributed by atoms with E-state index in [1.54, 1.807) is 6.07 Å². The molecule has 0 unspecified atom stereocenters. The molecule has 1 aromatic carbocycles. The highest BCUT2D eigenvalue weighted by Gasteiger charge is 2.37. The number of ether oxygens (including phenoxy) is 1. The smallest absolute Gasteiger partial charge is 0.373 e. The molecule has 1 atom stereocenters. The van der Waals surface area contributed by atoms with Gasteiger partial charge in [0.1, 0.15) is 5.76 Å². The Bertz CT molecular complexity index is 760. The molecule has 0 fully saturated rings. The molecule has 1 aliphatic heterocycles. The van der Waals surface area contributed by atoms with Gasteiger partial charge in [-0.2, -0.15) is 0 Å². The molecule has 0 amide bonds. The normalized spacial score (nSPS) is 19.0. The molecule has 0 spiro atoms. The summed E-state index contributed by atoms with van der Waals surface area (Å²) in [5, 5.41) is 0. The molecule has 4 heteroatoms. The third kappa shape index (κ3) is 2.81. The zero-order valence-electron chi connectivity index (χ0n) is 15.1. The lowest BCUT2D eigenvalue weighted by Crippen LogP contribution is -2.48. The van der Waals surface area contributed by atoms with Gasteiger partial charge in [-0.25, -0.2) is 4.79 Å². The van der Waals surface area contributed by atoms with Crippen LogP contribution in [0, 0.1) is 6.92 Å². The number of rotatable bonds is 3. The van der Waals surface area contributed by atoms with E-state index in [0.29, 0.717) is 12.5 Å². The molecule has 0 saturated heterocycles. The highest BCUT2D eigenvalue weighted by Crippen LogP contribution is 2.45. The van der Waals surface area contributed by atoms with Gasteiger partial charge in [0, 0.05) is 11.2 Å². The lowest BCUT2D eigenvalue weighted by atomic mass is 9.79. The van der Waals surface area contributed by atoms with Gasteiger partial charge in [-0.3, -0.25) is 0 Å². The van der Waals surface area contributed by atoms with Crippen molar-refractivity contribution < 1.29 is 13.9 Å². The van der Waals surface area contributed by atoms with E-state index in [-0.39, 0.29) is 11.3 Å². The molecule has 0 N–H and O–H groups in total. The van der Waals surface area contributed by atoms with Gasteiger partial charge in [0.25, 0.3) is 0 Å². The fourth-order valence-electron chi connectivity index (χ4n) is 3.84. The largest absolute Gasteiger partial charge is 0.463 e. The lowest BCUT2D eigenvalue weighted by molar-refractivity contribution is 0.0563. The van der Waals surface area contributed by atoms with Crippen molar-refractivity contribution in [1.82, 2.24) is 0 Å². The number of nitrogens with zero attached hydrogens (tertiary/aromatic N) is 1. The number of anilines is 1. The quantitative estimate of drug-likeness (QED) is 0.769. The van der Waals surface area contributed by atoms with Gasteiger partial charge in [-0.05, 0) is 56.4 Å². The van der Waals surface area contributed by atoms with E-state index in [2.05, 4.69) is 50.8 Å². The Labute approximate surface area is 143 Å². The predicted octanol–water partition coefficient (Wildman–Crippen LogP) is 4.67. The van der Waals surface area contributed by atoms with Gasteiger partial charge in [0.2, 0.25) is 5.76 Å². The number of esters is 1. The Morgan fingerprint density at radius 2 is 2.08 bits per heavy atom. The van der Waals surface area contributed by atoms with Crippen molar-refractivity contribution in [1.29, 1.82) is 0 Å². The molecule has 2 aromatic rings. The average molecular weight is 327 g/mol. The predicted molar refractivity (Wildman–Crippen MR) is 94.5 cm³/mol. The van der Waals surface area contributed by atoms with Gasteiger partial charge in [-0.15, -0.1) is 0 Å². The number of fused-ring (bicyclic) bond motifs is 1.